The highest BCUT2D eigenvalue weighted by molar-refractivity contribution is 14.0. The minimum Gasteiger partial charge on any atom is -0.383 e. The summed E-state index contributed by atoms with van der Waals surface area (Å²) in [6.45, 7) is 2.82. The summed E-state index contributed by atoms with van der Waals surface area (Å²) in [4.78, 5) is 14.3. The molecule has 2 aromatic carbocycles. The van der Waals surface area contributed by atoms with Crippen molar-refractivity contribution in [2.45, 2.75) is 13.1 Å². The molecule has 7 nitrogen and oxygen atoms in total. The SMILES string of the molecule is CN=C(NCc1ccc(NCCOC)cc1)N(C)Cc1ncc(-c2ccccc2)[nH]1.I. The van der Waals surface area contributed by atoms with Crippen LogP contribution in [0.5, 0.6) is 0 Å². The Morgan fingerprint density at radius 3 is 2.55 bits per heavy atom. The first-order valence-corrected chi connectivity index (χ1v) is 10.0. The molecular weight excluding hydrogens is 503 g/mol. The Morgan fingerprint density at radius 2 is 1.87 bits per heavy atom. The zero-order chi connectivity index (χ0) is 21.2. The summed E-state index contributed by atoms with van der Waals surface area (Å²) in [6, 6.07) is 18.6. The van der Waals surface area contributed by atoms with E-state index in [0.29, 0.717) is 19.7 Å². The van der Waals surface area contributed by atoms with Crippen LogP contribution in [-0.2, 0) is 17.8 Å². The van der Waals surface area contributed by atoms with Crippen LogP contribution in [0, 0.1) is 0 Å². The number of hydrogen-bond acceptors (Lipinski definition) is 4. The maximum absolute atomic E-state index is 5.06. The van der Waals surface area contributed by atoms with Crippen LogP contribution in [-0.4, -0.2) is 55.2 Å². The van der Waals surface area contributed by atoms with Gasteiger partial charge in [0.2, 0.25) is 0 Å². The molecule has 0 spiro atoms. The van der Waals surface area contributed by atoms with E-state index in [-0.39, 0.29) is 24.0 Å². The Balaban J connectivity index is 0.00000341. The van der Waals surface area contributed by atoms with E-state index >= 15 is 0 Å². The third-order valence-corrected chi connectivity index (χ3v) is 4.71. The second-order valence-corrected chi connectivity index (χ2v) is 6.98. The van der Waals surface area contributed by atoms with Gasteiger partial charge in [0.25, 0.3) is 0 Å². The van der Waals surface area contributed by atoms with E-state index in [1.807, 2.05) is 36.3 Å². The van der Waals surface area contributed by atoms with Crippen LogP contribution in [0.1, 0.15) is 11.4 Å². The first-order chi connectivity index (χ1) is 14.7. The Kier molecular flexibility index (Phi) is 10.3. The second kappa shape index (κ2) is 13.0. The van der Waals surface area contributed by atoms with Crippen molar-refractivity contribution in [1.82, 2.24) is 20.2 Å². The highest BCUT2D eigenvalue weighted by Crippen LogP contribution is 2.16. The van der Waals surface area contributed by atoms with Gasteiger partial charge in [0, 0.05) is 40.0 Å². The van der Waals surface area contributed by atoms with Crippen molar-refractivity contribution in [2.24, 2.45) is 4.99 Å². The number of guanidine groups is 1. The maximum Gasteiger partial charge on any atom is 0.194 e. The molecule has 3 aromatic rings. The minimum absolute atomic E-state index is 0. The summed E-state index contributed by atoms with van der Waals surface area (Å²) < 4.78 is 5.06. The number of rotatable bonds is 9. The zero-order valence-electron chi connectivity index (χ0n) is 18.3. The zero-order valence-corrected chi connectivity index (χ0v) is 20.6. The van der Waals surface area contributed by atoms with Crippen LogP contribution in [0.2, 0.25) is 0 Å². The molecule has 0 aliphatic heterocycles. The van der Waals surface area contributed by atoms with Crippen molar-refractivity contribution in [3.05, 3.63) is 72.2 Å². The number of anilines is 1. The molecular formula is C23H31IN6O. The van der Waals surface area contributed by atoms with Crippen molar-refractivity contribution in [3.8, 4) is 11.3 Å². The Labute approximate surface area is 201 Å². The van der Waals surface area contributed by atoms with Crippen molar-refractivity contribution in [2.75, 3.05) is 39.7 Å². The lowest BCUT2D eigenvalue weighted by molar-refractivity contribution is 0.211. The molecule has 0 saturated carbocycles. The average molecular weight is 534 g/mol. The minimum atomic E-state index is 0. The van der Waals surface area contributed by atoms with Gasteiger partial charge in [-0.1, -0.05) is 42.5 Å². The van der Waals surface area contributed by atoms with Gasteiger partial charge >= 0.3 is 0 Å². The number of aromatic amines is 1. The fourth-order valence-corrected chi connectivity index (χ4v) is 3.11. The summed E-state index contributed by atoms with van der Waals surface area (Å²) in [5.74, 6) is 1.71. The van der Waals surface area contributed by atoms with Gasteiger partial charge in [0.1, 0.15) is 5.82 Å². The van der Waals surface area contributed by atoms with Crippen LogP contribution < -0.4 is 10.6 Å². The number of nitrogens with one attached hydrogen (secondary N) is 3. The monoisotopic (exact) mass is 534 g/mol. The molecule has 8 heteroatoms. The van der Waals surface area contributed by atoms with Crippen LogP contribution in [0.15, 0.2) is 65.8 Å². The fourth-order valence-electron chi connectivity index (χ4n) is 3.11. The molecule has 1 heterocycles. The van der Waals surface area contributed by atoms with Crippen LogP contribution >= 0.6 is 24.0 Å². The summed E-state index contributed by atoms with van der Waals surface area (Å²) in [7, 11) is 5.50. The number of nitrogens with zero attached hydrogens (tertiary/aromatic N) is 3. The fraction of sp³-hybridized carbons (Fsp3) is 0.304. The highest BCUT2D eigenvalue weighted by atomic mass is 127. The Hall–Kier alpha value is -2.59. The molecule has 31 heavy (non-hydrogen) atoms. The molecule has 1 aromatic heterocycles. The number of halogens is 1. The van der Waals surface area contributed by atoms with Crippen LogP contribution in [0.4, 0.5) is 5.69 Å². The molecule has 0 bridgehead atoms. The van der Waals surface area contributed by atoms with Gasteiger partial charge < -0.3 is 25.3 Å². The predicted molar refractivity (Wildman–Crippen MR) is 138 cm³/mol. The molecule has 0 amide bonds. The Morgan fingerprint density at radius 1 is 1.13 bits per heavy atom. The number of ether oxygens (including phenoxy) is 1. The van der Waals surface area contributed by atoms with Crippen LogP contribution in [0.3, 0.4) is 0 Å². The maximum atomic E-state index is 5.06. The number of aliphatic imine (C=N–C) groups is 1. The highest BCUT2D eigenvalue weighted by Gasteiger charge is 2.10. The summed E-state index contributed by atoms with van der Waals surface area (Å²) in [6.07, 6.45) is 1.87. The van der Waals surface area contributed by atoms with E-state index in [2.05, 4.69) is 62.0 Å². The predicted octanol–water partition coefficient (Wildman–Crippen LogP) is 3.96. The summed E-state index contributed by atoms with van der Waals surface area (Å²) in [5.41, 5.74) is 4.42. The smallest absolute Gasteiger partial charge is 0.194 e. The first-order valence-electron chi connectivity index (χ1n) is 10.0. The van der Waals surface area contributed by atoms with Gasteiger partial charge in [-0.05, 0) is 23.3 Å². The number of benzene rings is 2. The molecule has 0 fully saturated rings. The van der Waals surface area contributed by atoms with Gasteiger partial charge in [-0.3, -0.25) is 4.99 Å². The molecule has 3 rings (SSSR count). The number of aromatic nitrogens is 2. The van der Waals surface area contributed by atoms with Gasteiger partial charge in [-0.15, -0.1) is 24.0 Å². The normalized spacial score (nSPS) is 11.0. The van der Waals surface area contributed by atoms with E-state index in [4.69, 9.17) is 4.74 Å². The summed E-state index contributed by atoms with van der Waals surface area (Å²) >= 11 is 0. The molecule has 0 atom stereocenters. The third kappa shape index (κ3) is 7.55. The van der Waals surface area contributed by atoms with Crippen molar-refractivity contribution >= 4 is 35.6 Å². The van der Waals surface area contributed by atoms with Gasteiger partial charge in [0.15, 0.2) is 5.96 Å². The van der Waals surface area contributed by atoms with Crippen molar-refractivity contribution in [3.63, 3.8) is 0 Å². The molecule has 166 valence electrons. The lowest BCUT2D eigenvalue weighted by Crippen LogP contribution is -2.38. The summed E-state index contributed by atoms with van der Waals surface area (Å²) in [5, 5.41) is 6.73. The number of H-pyrrole nitrogens is 1. The average Bonchev–Trinajstić information content (AvgIpc) is 3.24. The van der Waals surface area contributed by atoms with E-state index < -0.39 is 0 Å². The molecule has 0 unspecified atom stereocenters. The van der Waals surface area contributed by atoms with Crippen LogP contribution in [0.25, 0.3) is 11.3 Å². The van der Waals surface area contributed by atoms with Crippen molar-refractivity contribution < 1.29 is 4.74 Å². The van der Waals surface area contributed by atoms with E-state index in [0.717, 1.165) is 35.3 Å². The molecule has 0 aliphatic carbocycles. The van der Waals surface area contributed by atoms with E-state index in [1.165, 1.54) is 5.56 Å². The third-order valence-electron chi connectivity index (χ3n) is 4.71. The standard InChI is InChI=1S/C23H30N6O.HI/c1-24-23(27-15-18-9-11-20(12-10-18)25-13-14-30-3)29(2)17-22-26-16-21(28-22)19-7-5-4-6-8-19;/h4-12,16,25H,13-15,17H2,1-3H3,(H,24,27)(H,26,28);1H. The molecule has 3 N–H and O–H groups in total. The quantitative estimate of drug-likeness (QED) is 0.168. The lowest BCUT2D eigenvalue weighted by Gasteiger charge is -2.21. The number of hydrogen-bond donors (Lipinski definition) is 3. The van der Waals surface area contributed by atoms with Gasteiger partial charge in [0.05, 0.1) is 25.0 Å². The Bertz CT molecular complexity index is 927. The second-order valence-electron chi connectivity index (χ2n) is 6.98. The van der Waals surface area contributed by atoms with Gasteiger partial charge in [-0.25, -0.2) is 4.98 Å². The molecule has 0 aliphatic rings. The van der Waals surface area contributed by atoms with Crippen molar-refractivity contribution in [1.29, 1.82) is 0 Å². The molecule has 0 radical (unpaired) electrons. The number of imidazole rings is 1. The van der Waals surface area contributed by atoms with Gasteiger partial charge in [-0.2, -0.15) is 0 Å². The lowest BCUT2D eigenvalue weighted by atomic mass is 10.2. The van der Waals surface area contributed by atoms with E-state index in [1.54, 1.807) is 14.2 Å². The first kappa shape index (κ1) is 24.7. The van der Waals surface area contributed by atoms with E-state index in [9.17, 15) is 0 Å². The molecule has 0 saturated heterocycles. The largest absolute Gasteiger partial charge is 0.383 e. The topological polar surface area (TPSA) is 77.6 Å². The number of methoxy groups -OCH3 is 1.